The van der Waals surface area contributed by atoms with E-state index < -0.39 is 16.2 Å². The van der Waals surface area contributed by atoms with Gasteiger partial charge in [0.15, 0.2) is 11.3 Å². The van der Waals surface area contributed by atoms with Crippen LogP contribution in [0.2, 0.25) is 0 Å². The van der Waals surface area contributed by atoms with Crippen LogP contribution in [0.5, 0.6) is 0 Å². The van der Waals surface area contributed by atoms with Crippen LogP contribution in [0.25, 0.3) is 34.0 Å². The van der Waals surface area contributed by atoms with Crippen LogP contribution in [0.1, 0.15) is 117 Å². The molecule has 7 rings (SSSR count). The zero-order valence-corrected chi connectivity index (χ0v) is 29.9. The van der Waals surface area contributed by atoms with E-state index in [0.717, 1.165) is 56.5 Å². The van der Waals surface area contributed by atoms with E-state index in [9.17, 15) is 0 Å². The van der Waals surface area contributed by atoms with Crippen molar-refractivity contribution in [2.24, 2.45) is 0 Å². The second kappa shape index (κ2) is 9.78. The molecule has 0 N–H and O–H groups in total. The quantitative estimate of drug-likeness (QED) is 0.168. The van der Waals surface area contributed by atoms with Gasteiger partial charge in [0.25, 0.3) is 0 Å². The lowest BCUT2D eigenvalue weighted by atomic mass is 9.61. The van der Waals surface area contributed by atoms with Crippen LogP contribution in [0.4, 0.5) is 0 Å². The van der Waals surface area contributed by atoms with Gasteiger partial charge in [-0.15, -0.1) is 0 Å². The molecule has 47 heavy (non-hydrogen) atoms. The number of rotatable bonds is 0. The zero-order chi connectivity index (χ0) is 33.9. The van der Waals surface area contributed by atoms with Gasteiger partial charge in [-0.2, -0.15) is 0 Å². The highest BCUT2D eigenvalue weighted by molar-refractivity contribution is 5.82. The van der Waals surface area contributed by atoms with E-state index in [0.29, 0.717) is 0 Å². The number of hydrogen-bond acceptors (Lipinski definition) is 6. The van der Waals surface area contributed by atoms with Crippen molar-refractivity contribution in [1.29, 1.82) is 0 Å². The molecule has 0 spiro atoms. The molecule has 8 nitrogen and oxygen atoms in total. The van der Waals surface area contributed by atoms with E-state index in [1.807, 2.05) is 0 Å². The summed E-state index contributed by atoms with van der Waals surface area (Å²) < 4.78 is 4.27. The topological polar surface area (TPSA) is 87.2 Å². The monoisotopic (exact) mass is 626 g/mol. The molecule has 1 aliphatic heterocycles. The minimum absolute atomic E-state index is 0.116. The van der Waals surface area contributed by atoms with Gasteiger partial charge in [0, 0.05) is 64.6 Å². The first-order valence-electron chi connectivity index (χ1n) is 16.5. The highest BCUT2D eigenvalue weighted by atomic mass is 15.1. The van der Waals surface area contributed by atoms with Crippen LogP contribution in [-0.4, -0.2) is 39.0 Å². The summed E-state index contributed by atoms with van der Waals surface area (Å²) in [5.74, 6) is 1.65. The fourth-order valence-corrected chi connectivity index (χ4v) is 6.75. The average molecular weight is 627 g/mol. The summed E-state index contributed by atoms with van der Waals surface area (Å²) in [6.45, 7) is 27.1. The summed E-state index contributed by atoms with van der Waals surface area (Å²) in [6.07, 6.45) is 11.5. The summed E-state index contributed by atoms with van der Waals surface area (Å²) in [4.78, 5) is 30.5. The summed E-state index contributed by atoms with van der Waals surface area (Å²) in [6, 6.07) is 8.93. The molecular weight excluding hydrogens is 580 g/mol. The third-order valence-corrected chi connectivity index (χ3v) is 10.9. The molecule has 0 aromatic carbocycles. The van der Waals surface area contributed by atoms with E-state index in [1.54, 1.807) is 24.8 Å². The van der Waals surface area contributed by atoms with Gasteiger partial charge in [-0.05, 0) is 60.1 Å². The molecular formula is C39H46N8. The highest BCUT2D eigenvalue weighted by Gasteiger charge is 2.45. The summed E-state index contributed by atoms with van der Waals surface area (Å²) in [7, 11) is 0. The number of fused-ring (bicyclic) bond motifs is 16. The van der Waals surface area contributed by atoms with Crippen LogP contribution in [0.15, 0.2) is 61.4 Å². The Morgan fingerprint density at radius 1 is 0.511 bits per heavy atom. The fourth-order valence-electron chi connectivity index (χ4n) is 6.75. The molecule has 0 fully saturated rings. The van der Waals surface area contributed by atoms with E-state index >= 15 is 0 Å². The van der Waals surface area contributed by atoms with E-state index in [1.165, 1.54) is 11.1 Å². The molecule has 6 aromatic heterocycles. The minimum Gasteiger partial charge on any atom is -0.284 e. The van der Waals surface area contributed by atoms with Gasteiger partial charge in [-0.25, -0.2) is 19.9 Å². The lowest BCUT2D eigenvalue weighted by Crippen LogP contribution is -2.40. The Kier molecular flexibility index (Phi) is 6.48. The molecule has 1 aliphatic rings. The van der Waals surface area contributed by atoms with Crippen molar-refractivity contribution in [2.75, 3.05) is 0 Å². The van der Waals surface area contributed by atoms with Crippen molar-refractivity contribution in [1.82, 2.24) is 39.0 Å². The van der Waals surface area contributed by atoms with Gasteiger partial charge in [0.1, 0.15) is 22.7 Å². The minimum atomic E-state index is -0.542. The predicted molar refractivity (Wildman–Crippen MR) is 189 cm³/mol. The summed E-state index contributed by atoms with van der Waals surface area (Å²) in [5, 5.41) is 0. The second-order valence-corrected chi connectivity index (χ2v) is 16.9. The molecule has 6 aromatic rings. The number of pyridine rings is 2. The molecule has 0 radical (unpaired) electrons. The normalized spacial score (nSPS) is 17.0. The van der Waals surface area contributed by atoms with Crippen molar-refractivity contribution in [3.05, 3.63) is 95.1 Å². The maximum absolute atomic E-state index is 5.43. The molecule has 242 valence electrons. The maximum atomic E-state index is 5.43. The van der Waals surface area contributed by atoms with Gasteiger partial charge < -0.3 is 0 Å². The van der Waals surface area contributed by atoms with Crippen LogP contribution in [0, 0.1) is 0 Å². The van der Waals surface area contributed by atoms with Crippen molar-refractivity contribution in [3.8, 4) is 11.6 Å². The van der Waals surface area contributed by atoms with Crippen LogP contribution >= 0.6 is 0 Å². The third kappa shape index (κ3) is 4.62. The summed E-state index contributed by atoms with van der Waals surface area (Å²) in [5.41, 5.74) is 8.21. The molecule has 0 saturated heterocycles. The summed E-state index contributed by atoms with van der Waals surface area (Å²) >= 11 is 0. The van der Waals surface area contributed by atoms with E-state index in [2.05, 4.69) is 129 Å². The van der Waals surface area contributed by atoms with Gasteiger partial charge in [0.05, 0.1) is 11.4 Å². The Morgan fingerprint density at radius 2 is 0.872 bits per heavy atom. The lowest BCUT2D eigenvalue weighted by molar-refractivity contribution is 0.306. The first kappa shape index (κ1) is 31.2. The van der Waals surface area contributed by atoms with E-state index in [-0.39, 0.29) is 10.8 Å². The van der Waals surface area contributed by atoms with Crippen molar-refractivity contribution >= 4 is 22.3 Å². The molecule has 0 saturated carbocycles. The molecule has 0 aliphatic carbocycles. The Morgan fingerprint density at radius 3 is 1.23 bits per heavy atom. The Labute approximate surface area is 277 Å². The van der Waals surface area contributed by atoms with E-state index in [4.69, 9.17) is 29.9 Å². The van der Waals surface area contributed by atoms with Crippen LogP contribution < -0.4 is 0 Å². The Bertz CT molecular complexity index is 2040. The van der Waals surface area contributed by atoms with Crippen molar-refractivity contribution in [3.63, 3.8) is 0 Å². The second-order valence-electron chi connectivity index (χ2n) is 16.9. The number of aromatic nitrogens is 8. The standard InChI is InChI=1S/C39H46N8/c1-35(2,3)23-17-27-37(7,8)28-18-24(36(4,5)6)20-30(45-28)47-22-26(32-34(47)43-16-14-41-32)39(11,12)38(9,10)25-21-46(29(19-23)44-27)33-31(25)40-13-15-42-33/h13-22H,1-12H3. The maximum Gasteiger partial charge on any atom is 0.164 e. The van der Waals surface area contributed by atoms with Crippen LogP contribution in [0.3, 0.4) is 0 Å². The van der Waals surface area contributed by atoms with Crippen molar-refractivity contribution in [2.45, 2.75) is 110 Å². The molecule has 8 heteroatoms. The third-order valence-electron chi connectivity index (χ3n) is 10.9. The fraction of sp³-hybridized carbons (Fsp3) is 0.436. The molecule has 8 bridgehead atoms. The predicted octanol–water partition coefficient (Wildman–Crippen LogP) is 8.43. The van der Waals surface area contributed by atoms with Gasteiger partial charge in [0.2, 0.25) is 0 Å². The first-order valence-corrected chi connectivity index (χ1v) is 16.5. The molecule has 0 amide bonds. The van der Waals surface area contributed by atoms with Gasteiger partial charge in [-0.3, -0.25) is 19.1 Å². The Balaban J connectivity index is 1.69. The van der Waals surface area contributed by atoms with Crippen molar-refractivity contribution < 1.29 is 0 Å². The smallest absolute Gasteiger partial charge is 0.164 e. The SMILES string of the molecule is CC(C)(C)c1cc2nc(c1)C(C)(C)c1cc(C(C)(C)C)cc(n1)-n1cc(c3nccnc31)C(C)(C)C(C)(C)c1cn-2c2nccnc12. The Hall–Kier alpha value is -4.46. The molecule has 0 unspecified atom stereocenters. The first-order chi connectivity index (χ1) is 21.8. The molecule has 0 atom stereocenters. The van der Waals surface area contributed by atoms with Crippen LogP contribution in [-0.2, 0) is 27.1 Å². The zero-order valence-electron chi connectivity index (χ0n) is 29.9. The largest absolute Gasteiger partial charge is 0.284 e. The lowest BCUT2D eigenvalue weighted by Gasteiger charge is -2.41. The highest BCUT2D eigenvalue weighted by Crippen LogP contribution is 2.48. The number of hydrogen-bond donors (Lipinski definition) is 0. The van der Waals surface area contributed by atoms with Gasteiger partial charge in [-0.1, -0.05) is 69.2 Å². The van der Waals surface area contributed by atoms with Gasteiger partial charge >= 0.3 is 0 Å². The number of nitrogens with zero attached hydrogens (tertiary/aromatic N) is 8. The molecule has 7 heterocycles. The average Bonchev–Trinajstić information content (AvgIpc) is 3.60.